The number of benzene rings is 2. The van der Waals surface area contributed by atoms with Crippen molar-refractivity contribution >= 4 is 40.6 Å². The predicted octanol–water partition coefficient (Wildman–Crippen LogP) is 5.73. The Morgan fingerprint density at radius 1 is 0.972 bits per heavy atom. The first-order valence-electron chi connectivity index (χ1n) is 11.6. The lowest BCUT2D eigenvalue weighted by molar-refractivity contribution is -0.148. The molecule has 0 aliphatic heterocycles. The summed E-state index contributed by atoms with van der Waals surface area (Å²) in [6.07, 6.45) is 1.48. The first-order chi connectivity index (χ1) is 17.1. The molecule has 0 atom stereocenters. The van der Waals surface area contributed by atoms with Crippen LogP contribution in [0.25, 0.3) is 10.4 Å². The number of aliphatic carboxylic acids is 1. The van der Waals surface area contributed by atoms with Crippen LogP contribution in [0, 0.1) is 20.8 Å². The molecule has 188 valence electrons. The van der Waals surface area contributed by atoms with E-state index in [0.717, 1.165) is 33.6 Å². The maximum absolute atomic E-state index is 13.3. The summed E-state index contributed by atoms with van der Waals surface area (Å²) in [6.45, 7) is 5.84. The van der Waals surface area contributed by atoms with Crippen molar-refractivity contribution in [2.75, 3.05) is 17.7 Å². The van der Waals surface area contributed by atoms with Crippen LogP contribution < -0.4 is 20.7 Å². The second-order valence-electron chi connectivity index (χ2n) is 9.13. The fraction of sp³-hybridized carbons (Fsp3) is 0.296. The molecule has 1 fully saturated rings. The van der Waals surface area contributed by atoms with E-state index < -0.39 is 23.4 Å². The molecule has 3 aromatic rings. The van der Waals surface area contributed by atoms with Crippen LogP contribution >= 0.6 is 11.3 Å². The standard InChI is InChI=1S/C27H29N3O5S/c1-15-12-16(2)22(17(3)13-15)29-26(34)28-20-14-21(18-6-8-19(35-4)9-7-18)36-23(20)24(31)30-27(25(32)33)10-5-11-27/h6-9,12-14H,5,10-11H2,1-4H3,(H,30,31)(H,32,33)(H2,28,29,34). The van der Waals surface area contributed by atoms with E-state index in [-0.39, 0.29) is 4.88 Å². The van der Waals surface area contributed by atoms with Gasteiger partial charge in [-0.1, -0.05) is 17.7 Å². The van der Waals surface area contributed by atoms with Gasteiger partial charge >= 0.3 is 12.0 Å². The van der Waals surface area contributed by atoms with Crippen LogP contribution in [0.15, 0.2) is 42.5 Å². The summed E-state index contributed by atoms with van der Waals surface area (Å²) < 4.78 is 5.22. The predicted molar refractivity (Wildman–Crippen MR) is 141 cm³/mol. The third-order valence-corrected chi connectivity index (χ3v) is 7.63. The van der Waals surface area contributed by atoms with Gasteiger partial charge in [-0.05, 0) is 87.1 Å². The van der Waals surface area contributed by atoms with Crippen LogP contribution in [0.3, 0.4) is 0 Å². The van der Waals surface area contributed by atoms with Crippen LogP contribution in [-0.2, 0) is 4.79 Å². The number of hydrogen-bond donors (Lipinski definition) is 4. The van der Waals surface area contributed by atoms with E-state index in [1.165, 1.54) is 11.3 Å². The van der Waals surface area contributed by atoms with E-state index in [4.69, 9.17) is 4.74 Å². The largest absolute Gasteiger partial charge is 0.497 e. The lowest BCUT2D eigenvalue weighted by atomic mass is 9.76. The van der Waals surface area contributed by atoms with Crippen molar-refractivity contribution in [2.45, 2.75) is 45.6 Å². The summed E-state index contributed by atoms with van der Waals surface area (Å²) >= 11 is 1.19. The molecule has 36 heavy (non-hydrogen) atoms. The topological polar surface area (TPSA) is 117 Å². The van der Waals surface area contributed by atoms with E-state index in [2.05, 4.69) is 16.0 Å². The van der Waals surface area contributed by atoms with Crippen molar-refractivity contribution < 1.29 is 24.2 Å². The van der Waals surface area contributed by atoms with E-state index in [9.17, 15) is 19.5 Å². The molecule has 9 heteroatoms. The van der Waals surface area contributed by atoms with Gasteiger partial charge in [0.05, 0.1) is 12.8 Å². The van der Waals surface area contributed by atoms with Gasteiger partial charge in [0.2, 0.25) is 0 Å². The van der Waals surface area contributed by atoms with Gasteiger partial charge in [0.25, 0.3) is 5.91 Å². The SMILES string of the molecule is COc1ccc(-c2cc(NC(=O)Nc3c(C)cc(C)cc3C)c(C(=O)NC3(C(=O)O)CCC3)s2)cc1. The van der Waals surface area contributed by atoms with Crippen LogP contribution in [-0.4, -0.2) is 35.7 Å². The molecule has 1 aliphatic rings. The van der Waals surface area contributed by atoms with E-state index in [1.54, 1.807) is 13.2 Å². The van der Waals surface area contributed by atoms with Gasteiger partial charge in [-0.3, -0.25) is 4.79 Å². The number of thiophene rings is 1. The van der Waals surface area contributed by atoms with Crippen molar-refractivity contribution in [1.29, 1.82) is 0 Å². The van der Waals surface area contributed by atoms with Crippen LogP contribution in [0.4, 0.5) is 16.2 Å². The van der Waals surface area contributed by atoms with Gasteiger partial charge in [-0.25, -0.2) is 9.59 Å². The van der Waals surface area contributed by atoms with Crippen molar-refractivity contribution in [3.05, 3.63) is 64.0 Å². The molecule has 0 unspecified atom stereocenters. The van der Waals surface area contributed by atoms with Crippen molar-refractivity contribution in [2.24, 2.45) is 0 Å². The number of carboxylic acids is 1. The highest BCUT2D eigenvalue weighted by Gasteiger charge is 2.46. The number of aryl methyl sites for hydroxylation is 3. The molecule has 1 aromatic heterocycles. The Morgan fingerprint density at radius 3 is 2.14 bits per heavy atom. The first kappa shape index (κ1) is 25.2. The number of methoxy groups -OCH3 is 1. The Hall–Kier alpha value is -3.85. The second kappa shape index (κ2) is 10.0. The highest BCUT2D eigenvalue weighted by molar-refractivity contribution is 7.18. The fourth-order valence-corrected chi connectivity index (χ4v) is 5.41. The van der Waals surface area contributed by atoms with Crippen LogP contribution in [0.2, 0.25) is 0 Å². The van der Waals surface area contributed by atoms with Crippen molar-refractivity contribution in [1.82, 2.24) is 5.32 Å². The number of amides is 3. The van der Waals surface area contributed by atoms with Crippen LogP contribution in [0.5, 0.6) is 5.75 Å². The number of nitrogens with one attached hydrogen (secondary N) is 3. The minimum Gasteiger partial charge on any atom is -0.497 e. The Labute approximate surface area is 213 Å². The van der Waals surface area contributed by atoms with E-state index in [1.807, 2.05) is 57.2 Å². The number of urea groups is 1. The maximum Gasteiger partial charge on any atom is 0.329 e. The van der Waals surface area contributed by atoms with Gasteiger partial charge in [0.1, 0.15) is 16.2 Å². The summed E-state index contributed by atoms with van der Waals surface area (Å²) in [6, 6.07) is 12.5. The molecule has 2 aromatic carbocycles. The van der Waals surface area contributed by atoms with Crippen LogP contribution in [0.1, 0.15) is 45.6 Å². The fourth-order valence-electron chi connectivity index (χ4n) is 4.39. The summed E-state index contributed by atoms with van der Waals surface area (Å²) in [4.78, 5) is 39.0. The molecule has 0 radical (unpaired) electrons. The van der Waals surface area contributed by atoms with Gasteiger partial charge in [-0.2, -0.15) is 0 Å². The molecule has 0 spiro atoms. The van der Waals surface area contributed by atoms with Gasteiger partial charge in [0, 0.05) is 10.6 Å². The molecule has 0 bridgehead atoms. The molecular weight excluding hydrogens is 478 g/mol. The number of carbonyl (C=O) groups is 3. The zero-order chi connectivity index (χ0) is 26.0. The number of anilines is 2. The Bertz CT molecular complexity index is 1300. The highest BCUT2D eigenvalue weighted by Crippen LogP contribution is 2.38. The minimum absolute atomic E-state index is 0.237. The normalized spacial score (nSPS) is 13.9. The van der Waals surface area contributed by atoms with E-state index >= 15 is 0 Å². The summed E-state index contributed by atoms with van der Waals surface area (Å²) in [5.74, 6) is -0.880. The summed E-state index contributed by atoms with van der Waals surface area (Å²) in [5.41, 5.74) is 3.54. The molecule has 3 amide bonds. The highest BCUT2D eigenvalue weighted by atomic mass is 32.1. The van der Waals surface area contributed by atoms with Gasteiger partial charge in [0.15, 0.2) is 0 Å². The molecule has 8 nitrogen and oxygen atoms in total. The maximum atomic E-state index is 13.3. The quantitative estimate of drug-likeness (QED) is 0.326. The molecule has 1 aliphatic carbocycles. The van der Waals surface area contributed by atoms with E-state index in [0.29, 0.717) is 30.0 Å². The average molecular weight is 508 g/mol. The second-order valence-corrected chi connectivity index (χ2v) is 10.2. The zero-order valence-corrected chi connectivity index (χ0v) is 21.5. The number of rotatable bonds is 7. The average Bonchev–Trinajstić information content (AvgIpc) is 3.22. The molecule has 1 heterocycles. The third-order valence-electron chi connectivity index (χ3n) is 6.45. The third kappa shape index (κ3) is 5.06. The summed E-state index contributed by atoms with van der Waals surface area (Å²) in [7, 11) is 1.58. The number of carbonyl (C=O) groups excluding carboxylic acids is 2. The van der Waals surface area contributed by atoms with Crippen molar-refractivity contribution in [3.63, 3.8) is 0 Å². The monoisotopic (exact) mass is 507 g/mol. The molecule has 0 saturated heterocycles. The van der Waals surface area contributed by atoms with Gasteiger partial charge in [-0.15, -0.1) is 11.3 Å². The Balaban J connectivity index is 1.64. The van der Waals surface area contributed by atoms with Gasteiger partial charge < -0.3 is 25.8 Å². The summed E-state index contributed by atoms with van der Waals surface area (Å²) in [5, 5.41) is 18.0. The number of hydrogen-bond acceptors (Lipinski definition) is 5. The molecule has 4 rings (SSSR count). The first-order valence-corrected chi connectivity index (χ1v) is 12.4. The number of carboxylic acid groups (broad SMARTS) is 1. The zero-order valence-electron chi connectivity index (χ0n) is 20.7. The molecule has 4 N–H and O–H groups in total. The lowest BCUT2D eigenvalue weighted by Crippen LogP contribution is -2.59. The van der Waals surface area contributed by atoms with Crippen molar-refractivity contribution in [3.8, 4) is 16.2 Å². The molecule has 1 saturated carbocycles. The minimum atomic E-state index is -1.27. The number of ether oxygens (including phenoxy) is 1. The molecular formula is C27H29N3O5S. The lowest BCUT2D eigenvalue weighted by Gasteiger charge is -2.38. The Morgan fingerprint density at radius 2 is 1.61 bits per heavy atom. The smallest absolute Gasteiger partial charge is 0.329 e. The Kier molecular flexibility index (Phi) is 7.03.